The maximum atomic E-state index is 12.8. The summed E-state index contributed by atoms with van der Waals surface area (Å²) in [5, 5.41) is 12.2. The molecule has 0 radical (unpaired) electrons. The van der Waals surface area contributed by atoms with E-state index in [0.29, 0.717) is 22.9 Å². The van der Waals surface area contributed by atoms with E-state index in [1.165, 1.54) is 0 Å². The van der Waals surface area contributed by atoms with Crippen molar-refractivity contribution in [1.82, 2.24) is 0 Å². The van der Waals surface area contributed by atoms with Crippen LogP contribution in [-0.4, -0.2) is 24.7 Å². The van der Waals surface area contributed by atoms with Crippen molar-refractivity contribution in [3.8, 4) is 11.8 Å². The maximum Gasteiger partial charge on any atom is 0.256 e. The van der Waals surface area contributed by atoms with Gasteiger partial charge in [-0.25, -0.2) is 0 Å². The highest BCUT2D eigenvalue weighted by Crippen LogP contribution is 2.36. The predicted octanol–water partition coefficient (Wildman–Crippen LogP) is 3.88. The number of carbonyl (C=O) groups is 1. The fourth-order valence-corrected chi connectivity index (χ4v) is 3.28. The molecule has 0 saturated heterocycles. The lowest BCUT2D eigenvalue weighted by Crippen LogP contribution is -2.47. The lowest BCUT2D eigenvalue weighted by Gasteiger charge is -2.37. The molecule has 5 heteroatoms. The zero-order chi connectivity index (χ0) is 17.7. The first-order valence-corrected chi connectivity index (χ1v) is 8.47. The third-order valence-corrected chi connectivity index (χ3v) is 4.48. The van der Waals surface area contributed by atoms with Crippen molar-refractivity contribution in [3.63, 3.8) is 0 Å². The van der Waals surface area contributed by atoms with Crippen LogP contribution in [0.2, 0.25) is 0 Å². The molecule has 0 bridgehead atoms. The Bertz CT molecular complexity index is 636. The largest absolute Gasteiger partial charge is 0.490 e. The maximum absolute atomic E-state index is 12.8. The molecular weight excluding hydrogens is 304 g/mol. The summed E-state index contributed by atoms with van der Waals surface area (Å²) in [4.78, 5) is 12.8. The van der Waals surface area contributed by atoms with Gasteiger partial charge in [-0.05, 0) is 57.2 Å². The first kappa shape index (κ1) is 18.3. The normalized spacial score (nSPS) is 23.6. The summed E-state index contributed by atoms with van der Waals surface area (Å²) < 4.78 is 11.2. The van der Waals surface area contributed by atoms with Crippen LogP contribution >= 0.6 is 0 Å². The molecule has 1 amide bonds. The molecule has 2 rings (SSSR count). The summed E-state index contributed by atoms with van der Waals surface area (Å²) in [5.41, 5.74) is 0.213. The Hall–Kier alpha value is -2.06. The lowest BCUT2D eigenvalue weighted by molar-refractivity contribution is -0.143. The third-order valence-electron chi connectivity index (χ3n) is 4.48. The summed E-state index contributed by atoms with van der Waals surface area (Å²) in [6, 6.07) is 7.24. The minimum Gasteiger partial charge on any atom is -0.490 e. The van der Waals surface area contributed by atoms with Gasteiger partial charge in [0.2, 0.25) is 0 Å². The lowest BCUT2D eigenvalue weighted by atomic mass is 9.78. The number of rotatable bonds is 5. The molecule has 130 valence electrons. The van der Waals surface area contributed by atoms with Gasteiger partial charge in [-0.2, -0.15) is 5.26 Å². The third kappa shape index (κ3) is 4.07. The van der Waals surface area contributed by atoms with Gasteiger partial charge in [-0.15, -0.1) is 0 Å². The monoisotopic (exact) mass is 330 g/mol. The summed E-state index contributed by atoms with van der Waals surface area (Å²) >= 11 is 0. The van der Waals surface area contributed by atoms with Gasteiger partial charge < -0.3 is 14.8 Å². The van der Waals surface area contributed by atoms with Crippen LogP contribution in [0.1, 0.15) is 52.0 Å². The molecule has 0 aliphatic heterocycles. The topological polar surface area (TPSA) is 71.3 Å². The smallest absolute Gasteiger partial charge is 0.256 e. The Balaban J connectivity index is 2.18. The second-order valence-electron chi connectivity index (χ2n) is 6.84. The van der Waals surface area contributed by atoms with Crippen molar-refractivity contribution in [1.29, 1.82) is 5.26 Å². The van der Waals surface area contributed by atoms with E-state index in [4.69, 9.17) is 9.47 Å². The highest BCUT2D eigenvalue weighted by atomic mass is 16.5. The molecule has 0 unspecified atom stereocenters. The van der Waals surface area contributed by atoms with Crippen molar-refractivity contribution in [2.75, 3.05) is 12.4 Å². The summed E-state index contributed by atoms with van der Waals surface area (Å²) in [7, 11) is 1.60. The number of hydrogen-bond donors (Lipinski definition) is 1. The SMILES string of the molecule is CO[C@@]1(C(=O)Nc2ccc(OC(C)C)c(C#N)c2)CCC[C@H](C)C1. The minimum atomic E-state index is -0.780. The van der Waals surface area contributed by atoms with Gasteiger partial charge in [-0.1, -0.05) is 13.3 Å². The molecule has 24 heavy (non-hydrogen) atoms. The van der Waals surface area contributed by atoms with E-state index in [0.717, 1.165) is 25.7 Å². The van der Waals surface area contributed by atoms with E-state index in [9.17, 15) is 10.1 Å². The molecule has 1 saturated carbocycles. The van der Waals surface area contributed by atoms with E-state index in [1.807, 2.05) is 13.8 Å². The molecule has 5 nitrogen and oxygen atoms in total. The molecule has 0 spiro atoms. The Morgan fingerprint density at radius 1 is 1.46 bits per heavy atom. The van der Waals surface area contributed by atoms with E-state index < -0.39 is 5.60 Å². The minimum absolute atomic E-state index is 0.0157. The summed E-state index contributed by atoms with van der Waals surface area (Å²) in [6.07, 6.45) is 3.53. The first-order valence-electron chi connectivity index (χ1n) is 8.47. The van der Waals surface area contributed by atoms with Crippen LogP contribution in [0.4, 0.5) is 5.69 Å². The van der Waals surface area contributed by atoms with Crippen LogP contribution in [0.5, 0.6) is 5.75 Å². The van der Waals surface area contributed by atoms with E-state index in [-0.39, 0.29) is 12.0 Å². The molecule has 2 atom stereocenters. The van der Waals surface area contributed by atoms with E-state index >= 15 is 0 Å². The van der Waals surface area contributed by atoms with E-state index in [1.54, 1.807) is 25.3 Å². The fourth-order valence-electron chi connectivity index (χ4n) is 3.28. The molecular formula is C19H26N2O3. The number of hydrogen-bond acceptors (Lipinski definition) is 4. The molecule has 0 aromatic heterocycles. The Labute approximate surface area is 144 Å². The average molecular weight is 330 g/mol. The molecule has 1 N–H and O–H groups in total. The van der Waals surface area contributed by atoms with Crippen LogP contribution in [0.3, 0.4) is 0 Å². The van der Waals surface area contributed by atoms with Gasteiger partial charge in [0.15, 0.2) is 0 Å². The zero-order valence-electron chi connectivity index (χ0n) is 14.9. The molecule has 1 aliphatic carbocycles. The quantitative estimate of drug-likeness (QED) is 0.889. The number of nitriles is 1. The van der Waals surface area contributed by atoms with Gasteiger partial charge in [0, 0.05) is 12.8 Å². The van der Waals surface area contributed by atoms with Crippen LogP contribution in [-0.2, 0) is 9.53 Å². The summed E-state index contributed by atoms with van der Waals surface area (Å²) in [5.74, 6) is 0.845. The van der Waals surface area contributed by atoms with Crippen molar-refractivity contribution in [2.24, 2.45) is 5.92 Å². The van der Waals surface area contributed by atoms with Crippen molar-refractivity contribution >= 4 is 11.6 Å². The Kier molecular flexibility index (Phi) is 5.84. The Morgan fingerprint density at radius 2 is 2.21 bits per heavy atom. The summed E-state index contributed by atoms with van der Waals surface area (Å²) in [6.45, 7) is 5.96. The molecule has 1 aliphatic rings. The first-order chi connectivity index (χ1) is 11.4. The second-order valence-corrected chi connectivity index (χ2v) is 6.84. The van der Waals surface area contributed by atoms with Crippen molar-refractivity contribution < 1.29 is 14.3 Å². The fraction of sp³-hybridized carbons (Fsp3) is 0.579. The van der Waals surface area contributed by atoms with Crippen LogP contribution in [0.25, 0.3) is 0 Å². The van der Waals surface area contributed by atoms with Gasteiger partial charge in [0.25, 0.3) is 5.91 Å². The van der Waals surface area contributed by atoms with Crippen LogP contribution in [0, 0.1) is 17.2 Å². The number of anilines is 1. The zero-order valence-corrected chi connectivity index (χ0v) is 14.9. The van der Waals surface area contributed by atoms with E-state index in [2.05, 4.69) is 18.3 Å². The highest BCUT2D eigenvalue weighted by Gasteiger charge is 2.42. The van der Waals surface area contributed by atoms with Crippen molar-refractivity contribution in [3.05, 3.63) is 23.8 Å². The molecule has 1 aromatic carbocycles. The number of ether oxygens (including phenoxy) is 2. The molecule has 0 heterocycles. The van der Waals surface area contributed by atoms with Gasteiger partial charge in [-0.3, -0.25) is 4.79 Å². The van der Waals surface area contributed by atoms with Gasteiger partial charge in [0.1, 0.15) is 17.4 Å². The number of benzene rings is 1. The Morgan fingerprint density at radius 3 is 2.79 bits per heavy atom. The number of amides is 1. The van der Waals surface area contributed by atoms with Gasteiger partial charge >= 0.3 is 0 Å². The van der Waals surface area contributed by atoms with Gasteiger partial charge in [0.05, 0.1) is 11.7 Å². The average Bonchev–Trinajstić information content (AvgIpc) is 2.55. The number of methoxy groups -OCH3 is 1. The second kappa shape index (κ2) is 7.67. The molecule has 1 fully saturated rings. The number of nitrogens with one attached hydrogen (secondary N) is 1. The highest BCUT2D eigenvalue weighted by molar-refractivity contribution is 5.97. The van der Waals surface area contributed by atoms with Crippen molar-refractivity contribution in [2.45, 2.75) is 58.2 Å². The number of nitrogens with zero attached hydrogens (tertiary/aromatic N) is 1. The van der Waals surface area contributed by atoms with Crippen LogP contribution < -0.4 is 10.1 Å². The standard InChI is InChI=1S/C19H26N2O3/c1-13(2)24-17-8-7-16(10-15(17)12-20)21-18(22)19(23-4)9-5-6-14(3)11-19/h7-8,10,13-14H,5-6,9,11H2,1-4H3,(H,21,22)/t14-,19-/m0/s1. The molecule has 1 aromatic rings. The van der Waals surface area contributed by atoms with Crippen LogP contribution in [0.15, 0.2) is 18.2 Å². The number of carbonyl (C=O) groups excluding carboxylic acids is 1. The predicted molar refractivity (Wildman–Crippen MR) is 92.9 cm³/mol.